The van der Waals surface area contributed by atoms with Crippen LogP contribution in [0.1, 0.15) is 54.9 Å². The van der Waals surface area contributed by atoms with Gasteiger partial charge in [0.15, 0.2) is 5.72 Å². The number of halogens is 1. The Morgan fingerprint density at radius 2 is 1.92 bits per heavy atom. The first kappa shape index (κ1) is 18.9. The average Bonchev–Trinajstić information content (AvgIpc) is 2.93. The molecule has 2 aromatic carbocycles. The second-order valence-corrected chi connectivity index (χ2v) is 7.09. The first-order chi connectivity index (χ1) is 12.2. The molecule has 4 rings (SSSR count). The second kappa shape index (κ2) is 7.81. The van der Waals surface area contributed by atoms with Gasteiger partial charge in [-0.25, -0.2) is 0 Å². The zero-order valence-corrected chi connectivity index (χ0v) is 16.1. The Balaban J connectivity index is 0.00000196. The van der Waals surface area contributed by atoms with Crippen molar-refractivity contribution in [1.82, 2.24) is 4.90 Å². The standard InChI is InChI=1S/C22H26N2O.ClH/c1-2-3-5-9-17-12-13-20-19(16-17)21-23-14-8-15-24(21)22(20,25)18-10-6-4-7-11-18;/h4,6-7,10-13,16,25H,2-3,5,8-9,14-15H2,1H3;1H. The quantitative estimate of drug-likeness (QED) is 0.786. The normalized spacial score (nSPS) is 20.8. The van der Waals surface area contributed by atoms with E-state index in [1.165, 1.54) is 24.8 Å². The molecule has 0 fully saturated rings. The highest BCUT2D eigenvalue weighted by Gasteiger charge is 2.48. The van der Waals surface area contributed by atoms with Crippen molar-refractivity contribution in [2.75, 3.05) is 13.1 Å². The molecular weight excluding hydrogens is 344 g/mol. The molecule has 2 aliphatic rings. The highest BCUT2D eigenvalue weighted by atomic mass is 35.5. The van der Waals surface area contributed by atoms with Crippen molar-refractivity contribution in [2.24, 2.45) is 4.99 Å². The molecule has 2 aromatic rings. The molecule has 0 bridgehead atoms. The van der Waals surface area contributed by atoms with E-state index in [2.05, 4.69) is 30.0 Å². The number of unbranched alkanes of at least 4 members (excludes halogenated alkanes) is 2. The molecule has 1 atom stereocenters. The number of amidine groups is 1. The van der Waals surface area contributed by atoms with Crippen LogP contribution in [0.5, 0.6) is 0 Å². The largest absolute Gasteiger partial charge is 0.363 e. The molecule has 3 nitrogen and oxygen atoms in total. The molecule has 0 radical (unpaired) electrons. The lowest BCUT2D eigenvalue weighted by Crippen LogP contribution is -2.47. The molecule has 2 aliphatic heterocycles. The Kier molecular flexibility index (Phi) is 5.69. The van der Waals surface area contributed by atoms with Crippen molar-refractivity contribution in [2.45, 2.75) is 44.8 Å². The smallest absolute Gasteiger partial charge is 0.193 e. The molecule has 0 saturated heterocycles. The van der Waals surface area contributed by atoms with Crippen LogP contribution in [0.15, 0.2) is 53.5 Å². The molecule has 0 aliphatic carbocycles. The molecule has 1 unspecified atom stereocenters. The van der Waals surface area contributed by atoms with Gasteiger partial charge in [-0.1, -0.05) is 62.2 Å². The maximum absolute atomic E-state index is 11.8. The van der Waals surface area contributed by atoms with E-state index in [0.717, 1.165) is 48.5 Å². The van der Waals surface area contributed by atoms with Crippen LogP contribution < -0.4 is 0 Å². The van der Waals surface area contributed by atoms with E-state index in [0.29, 0.717) is 0 Å². The van der Waals surface area contributed by atoms with E-state index in [1.54, 1.807) is 0 Å². The summed E-state index contributed by atoms with van der Waals surface area (Å²) >= 11 is 0. The van der Waals surface area contributed by atoms with Gasteiger partial charge < -0.3 is 10.0 Å². The van der Waals surface area contributed by atoms with Crippen LogP contribution in [0.3, 0.4) is 0 Å². The van der Waals surface area contributed by atoms with E-state index >= 15 is 0 Å². The first-order valence-corrected chi connectivity index (χ1v) is 9.49. The lowest BCUT2D eigenvalue weighted by atomic mass is 9.92. The summed E-state index contributed by atoms with van der Waals surface area (Å²) in [4.78, 5) is 6.86. The van der Waals surface area contributed by atoms with Gasteiger partial charge in [-0.3, -0.25) is 4.99 Å². The van der Waals surface area contributed by atoms with Crippen LogP contribution in [0.25, 0.3) is 0 Å². The number of aliphatic imine (C=N–C) groups is 1. The predicted molar refractivity (Wildman–Crippen MR) is 109 cm³/mol. The van der Waals surface area contributed by atoms with Crippen LogP contribution in [-0.2, 0) is 12.1 Å². The minimum atomic E-state index is -1.10. The zero-order valence-electron chi connectivity index (χ0n) is 15.3. The number of rotatable bonds is 5. The number of fused-ring (bicyclic) bond motifs is 3. The summed E-state index contributed by atoms with van der Waals surface area (Å²) < 4.78 is 0. The summed E-state index contributed by atoms with van der Waals surface area (Å²) in [5.41, 5.74) is 3.25. The molecule has 1 N–H and O–H groups in total. The predicted octanol–water partition coefficient (Wildman–Crippen LogP) is 4.50. The lowest BCUT2D eigenvalue weighted by molar-refractivity contribution is -0.0317. The van der Waals surface area contributed by atoms with Gasteiger partial charge in [-0.15, -0.1) is 12.4 Å². The highest BCUT2D eigenvalue weighted by Crippen LogP contribution is 2.43. The van der Waals surface area contributed by atoms with Crippen molar-refractivity contribution in [3.8, 4) is 0 Å². The van der Waals surface area contributed by atoms with Crippen molar-refractivity contribution in [3.05, 3.63) is 70.8 Å². The minimum Gasteiger partial charge on any atom is -0.363 e. The van der Waals surface area contributed by atoms with Gasteiger partial charge in [0.05, 0.1) is 0 Å². The number of nitrogens with zero attached hydrogens (tertiary/aromatic N) is 2. The second-order valence-electron chi connectivity index (χ2n) is 7.09. The van der Waals surface area contributed by atoms with Crippen LogP contribution in [0.2, 0.25) is 0 Å². The summed E-state index contributed by atoms with van der Waals surface area (Å²) in [7, 11) is 0. The number of aliphatic hydroxyl groups is 1. The van der Waals surface area contributed by atoms with Gasteiger partial charge in [0.2, 0.25) is 0 Å². The summed E-state index contributed by atoms with van der Waals surface area (Å²) in [5.74, 6) is 0.963. The van der Waals surface area contributed by atoms with Crippen LogP contribution >= 0.6 is 12.4 Å². The van der Waals surface area contributed by atoms with E-state index < -0.39 is 5.72 Å². The fourth-order valence-electron chi connectivity index (χ4n) is 4.09. The molecule has 0 aromatic heterocycles. The number of benzene rings is 2. The third-order valence-corrected chi connectivity index (χ3v) is 5.39. The third-order valence-electron chi connectivity index (χ3n) is 5.39. The monoisotopic (exact) mass is 370 g/mol. The fraction of sp³-hybridized carbons (Fsp3) is 0.409. The topological polar surface area (TPSA) is 35.8 Å². The van der Waals surface area contributed by atoms with E-state index in [1.807, 2.05) is 30.3 Å². The van der Waals surface area contributed by atoms with Crippen molar-refractivity contribution >= 4 is 18.2 Å². The maximum Gasteiger partial charge on any atom is 0.193 e. The lowest BCUT2D eigenvalue weighted by Gasteiger charge is -2.37. The Labute approximate surface area is 162 Å². The average molecular weight is 371 g/mol. The van der Waals surface area contributed by atoms with E-state index in [4.69, 9.17) is 4.99 Å². The Bertz CT molecular complexity index is 790. The molecule has 138 valence electrons. The Morgan fingerprint density at radius 1 is 1.12 bits per heavy atom. The van der Waals surface area contributed by atoms with Gasteiger partial charge in [-0.05, 0) is 30.9 Å². The van der Waals surface area contributed by atoms with Crippen molar-refractivity contribution in [3.63, 3.8) is 0 Å². The van der Waals surface area contributed by atoms with E-state index in [-0.39, 0.29) is 12.4 Å². The zero-order chi connectivity index (χ0) is 17.3. The van der Waals surface area contributed by atoms with Crippen molar-refractivity contribution < 1.29 is 5.11 Å². The molecule has 0 saturated carbocycles. The minimum absolute atomic E-state index is 0. The van der Waals surface area contributed by atoms with Crippen LogP contribution in [-0.4, -0.2) is 28.9 Å². The first-order valence-electron chi connectivity index (χ1n) is 9.49. The summed E-state index contributed by atoms with van der Waals surface area (Å²) in [6.45, 7) is 3.91. The highest BCUT2D eigenvalue weighted by molar-refractivity contribution is 6.04. The molecular formula is C22H27ClN2O. The van der Waals surface area contributed by atoms with Gasteiger partial charge in [0, 0.05) is 29.8 Å². The molecule has 26 heavy (non-hydrogen) atoms. The molecule has 0 amide bonds. The molecule has 0 spiro atoms. The van der Waals surface area contributed by atoms with Crippen molar-refractivity contribution in [1.29, 1.82) is 0 Å². The van der Waals surface area contributed by atoms with Gasteiger partial charge in [0.1, 0.15) is 5.84 Å². The summed E-state index contributed by atoms with van der Waals surface area (Å²) in [5, 5.41) is 11.8. The maximum atomic E-state index is 11.8. The number of hydrogen-bond acceptors (Lipinski definition) is 3. The molecule has 4 heteroatoms. The van der Waals surface area contributed by atoms with E-state index in [9.17, 15) is 5.11 Å². The van der Waals surface area contributed by atoms with Gasteiger partial charge in [-0.2, -0.15) is 0 Å². The number of aryl methyl sites for hydroxylation is 1. The Hall–Kier alpha value is -1.84. The van der Waals surface area contributed by atoms with Gasteiger partial charge >= 0.3 is 0 Å². The van der Waals surface area contributed by atoms with Crippen LogP contribution in [0, 0.1) is 0 Å². The van der Waals surface area contributed by atoms with Crippen LogP contribution in [0.4, 0.5) is 0 Å². The summed E-state index contributed by atoms with van der Waals surface area (Å²) in [6.07, 6.45) is 5.79. The molecule has 2 heterocycles. The third kappa shape index (κ3) is 3.04. The number of hydrogen-bond donors (Lipinski definition) is 1. The SMILES string of the molecule is CCCCCc1ccc2c(c1)C1=NCCCN1C2(O)c1ccccc1.Cl. The van der Waals surface area contributed by atoms with Gasteiger partial charge in [0.25, 0.3) is 0 Å². The summed E-state index contributed by atoms with van der Waals surface area (Å²) in [6, 6.07) is 16.5. The fourth-order valence-corrected chi connectivity index (χ4v) is 4.09. The Morgan fingerprint density at radius 3 is 2.69 bits per heavy atom.